The zero-order valence-electron chi connectivity index (χ0n) is 12.8. The van der Waals surface area contributed by atoms with E-state index in [0.717, 1.165) is 27.6 Å². The lowest BCUT2D eigenvalue weighted by molar-refractivity contribution is 0.0995. The Labute approximate surface area is 155 Å². The molecule has 0 saturated carbocycles. The molecule has 3 aromatic rings. The SMILES string of the molecule is Cc1nnc(N(C(=O)c2sccc2S(N)(=O)=O)c2onc(C)c2Cl)s1. The minimum Gasteiger partial charge on any atom is -0.336 e. The first-order chi connectivity index (χ1) is 11.7. The molecule has 0 saturated heterocycles. The second-order valence-corrected chi connectivity index (χ2v) is 8.77. The van der Waals surface area contributed by atoms with Gasteiger partial charge in [-0.2, -0.15) is 0 Å². The number of sulfonamides is 1. The van der Waals surface area contributed by atoms with Gasteiger partial charge in [-0.1, -0.05) is 28.1 Å². The van der Waals surface area contributed by atoms with Crippen LogP contribution in [0.4, 0.5) is 11.0 Å². The largest absolute Gasteiger partial charge is 0.336 e. The van der Waals surface area contributed by atoms with Crippen molar-refractivity contribution in [2.45, 2.75) is 18.7 Å². The highest BCUT2D eigenvalue weighted by molar-refractivity contribution is 7.89. The van der Waals surface area contributed by atoms with Crippen LogP contribution < -0.4 is 10.0 Å². The van der Waals surface area contributed by atoms with E-state index in [4.69, 9.17) is 21.3 Å². The monoisotopic (exact) mass is 419 g/mol. The van der Waals surface area contributed by atoms with E-state index in [1.807, 2.05) is 0 Å². The molecular formula is C12H10ClN5O4S3. The van der Waals surface area contributed by atoms with Crippen molar-refractivity contribution < 1.29 is 17.7 Å². The van der Waals surface area contributed by atoms with Crippen LogP contribution in [-0.2, 0) is 10.0 Å². The normalized spacial score (nSPS) is 11.7. The maximum atomic E-state index is 13.1. The quantitative estimate of drug-likeness (QED) is 0.686. The zero-order chi connectivity index (χ0) is 18.4. The number of hydrogen-bond acceptors (Lipinski definition) is 9. The minimum absolute atomic E-state index is 0.0749. The number of aryl methyl sites for hydroxylation is 2. The van der Waals surface area contributed by atoms with E-state index in [0.29, 0.717) is 10.7 Å². The van der Waals surface area contributed by atoms with Gasteiger partial charge in [0.2, 0.25) is 15.2 Å². The number of aromatic nitrogens is 3. The molecule has 132 valence electrons. The van der Waals surface area contributed by atoms with Crippen LogP contribution in [-0.4, -0.2) is 29.7 Å². The summed E-state index contributed by atoms with van der Waals surface area (Å²) in [6, 6.07) is 1.25. The minimum atomic E-state index is -4.08. The maximum Gasteiger partial charge on any atom is 0.278 e. The first-order valence-electron chi connectivity index (χ1n) is 6.56. The fraction of sp³-hybridized carbons (Fsp3) is 0.167. The molecule has 0 unspecified atom stereocenters. The van der Waals surface area contributed by atoms with E-state index in [-0.39, 0.29) is 25.8 Å². The van der Waals surface area contributed by atoms with Crippen molar-refractivity contribution in [2.24, 2.45) is 5.14 Å². The highest BCUT2D eigenvalue weighted by Crippen LogP contribution is 2.38. The fourth-order valence-corrected chi connectivity index (χ4v) is 4.64. The number of anilines is 2. The number of rotatable bonds is 4. The highest BCUT2D eigenvalue weighted by Gasteiger charge is 2.33. The summed E-state index contributed by atoms with van der Waals surface area (Å²) in [5.74, 6) is -0.790. The second kappa shape index (κ2) is 6.46. The Morgan fingerprint density at radius 3 is 2.60 bits per heavy atom. The second-order valence-electron chi connectivity index (χ2n) is 4.79. The van der Waals surface area contributed by atoms with E-state index in [2.05, 4.69) is 15.4 Å². The number of thiophene rings is 1. The van der Waals surface area contributed by atoms with Crippen LogP contribution in [0, 0.1) is 13.8 Å². The molecule has 0 radical (unpaired) electrons. The Bertz CT molecular complexity index is 1050. The van der Waals surface area contributed by atoms with Crippen molar-refractivity contribution in [2.75, 3.05) is 4.90 Å². The van der Waals surface area contributed by atoms with Crippen molar-refractivity contribution in [3.8, 4) is 0 Å². The molecule has 3 aromatic heterocycles. The summed E-state index contributed by atoms with van der Waals surface area (Å²) in [6.45, 7) is 3.31. The Kier molecular flexibility index (Phi) is 4.64. The maximum absolute atomic E-state index is 13.1. The standard InChI is InChI=1S/C12H10ClN5O4S3/c1-5-8(13)11(22-17-5)18(12-16-15-6(2)24-12)10(19)9-7(3-4-23-9)25(14,20)21/h3-4H,1-2H3,(H2,14,20,21). The molecule has 1 amide bonds. The molecule has 0 atom stereocenters. The van der Waals surface area contributed by atoms with Crippen LogP contribution in [0.5, 0.6) is 0 Å². The first-order valence-corrected chi connectivity index (χ1v) is 10.2. The number of primary sulfonamides is 1. The molecule has 25 heavy (non-hydrogen) atoms. The first kappa shape index (κ1) is 17.9. The Hall–Kier alpha value is -1.86. The number of carbonyl (C=O) groups excluding carboxylic acids is 1. The molecule has 0 aliphatic carbocycles. The molecule has 0 aliphatic rings. The van der Waals surface area contributed by atoms with E-state index in [1.165, 1.54) is 11.4 Å². The third-order valence-corrected chi connectivity index (χ3v) is 6.26. The molecule has 2 N–H and O–H groups in total. The molecule has 9 nitrogen and oxygen atoms in total. The van der Waals surface area contributed by atoms with Gasteiger partial charge in [-0.3, -0.25) is 4.79 Å². The van der Waals surface area contributed by atoms with Gasteiger partial charge in [-0.05, 0) is 25.3 Å². The number of carbonyl (C=O) groups is 1. The Morgan fingerprint density at radius 1 is 1.36 bits per heavy atom. The molecule has 0 aromatic carbocycles. The highest BCUT2D eigenvalue weighted by atomic mass is 35.5. The van der Waals surface area contributed by atoms with Gasteiger partial charge in [0.1, 0.15) is 25.5 Å². The van der Waals surface area contributed by atoms with Gasteiger partial charge in [0.25, 0.3) is 11.8 Å². The lowest BCUT2D eigenvalue weighted by Gasteiger charge is -2.15. The van der Waals surface area contributed by atoms with E-state index < -0.39 is 15.9 Å². The Balaban J connectivity index is 2.18. The van der Waals surface area contributed by atoms with Crippen LogP contribution >= 0.6 is 34.3 Å². The number of halogens is 1. The molecule has 0 fully saturated rings. The Morgan fingerprint density at radius 2 is 2.08 bits per heavy atom. The molecule has 0 bridgehead atoms. The number of nitrogens with two attached hydrogens (primary N) is 1. The average Bonchev–Trinajstić information content (AvgIpc) is 3.23. The molecule has 0 aliphatic heterocycles. The van der Waals surface area contributed by atoms with Gasteiger partial charge in [0, 0.05) is 0 Å². The average molecular weight is 420 g/mol. The van der Waals surface area contributed by atoms with Crippen molar-refractivity contribution in [1.82, 2.24) is 15.4 Å². The van der Waals surface area contributed by atoms with Gasteiger partial charge in [0.15, 0.2) is 0 Å². The van der Waals surface area contributed by atoms with E-state index in [9.17, 15) is 13.2 Å². The lowest BCUT2D eigenvalue weighted by atomic mass is 10.4. The molecule has 3 heterocycles. The molecular weight excluding hydrogens is 410 g/mol. The topological polar surface area (TPSA) is 132 Å². The lowest BCUT2D eigenvalue weighted by Crippen LogP contribution is -2.27. The van der Waals surface area contributed by atoms with Crippen LogP contribution in [0.3, 0.4) is 0 Å². The van der Waals surface area contributed by atoms with Gasteiger partial charge in [-0.15, -0.1) is 21.5 Å². The number of hydrogen-bond donors (Lipinski definition) is 1. The summed E-state index contributed by atoms with van der Waals surface area (Å²) in [7, 11) is -4.08. The predicted octanol–water partition coefficient (Wildman–Crippen LogP) is 2.48. The summed E-state index contributed by atoms with van der Waals surface area (Å²) < 4.78 is 28.6. The van der Waals surface area contributed by atoms with Crippen LogP contribution in [0.2, 0.25) is 5.02 Å². The van der Waals surface area contributed by atoms with Gasteiger partial charge >= 0.3 is 0 Å². The summed E-state index contributed by atoms with van der Waals surface area (Å²) in [4.78, 5) is 13.7. The smallest absolute Gasteiger partial charge is 0.278 e. The summed E-state index contributed by atoms with van der Waals surface area (Å²) in [6.07, 6.45) is 0. The zero-order valence-corrected chi connectivity index (χ0v) is 16.0. The third kappa shape index (κ3) is 3.30. The number of amides is 1. The summed E-state index contributed by atoms with van der Waals surface area (Å²) >= 11 is 8.19. The van der Waals surface area contributed by atoms with E-state index in [1.54, 1.807) is 13.8 Å². The van der Waals surface area contributed by atoms with Crippen LogP contribution in [0.15, 0.2) is 20.9 Å². The van der Waals surface area contributed by atoms with Gasteiger partial charge < -0.3 is 4.52 Å². The number of nitrogens with zero attached hydrogens (tertiary/aromatic N) is 4. The molecule has 13 heteroatoms. The van der Waals surface area contributed by atoms with Crippen molar-refractivity contribution in [3.05, 3.63) is 32.0 Å². The predicted molar refractivity (Wildman–Crippen MR) is 93.1 cm³/mol. The molecule has 0 spiro atoms. The van der Waals surface area contributed by atoms with Gasteiger partial charge in [0.05, 0.1) is 0 Å². The molecule has 3 rings (SSSR count). The summed E-state index contributed by atoms with van der Waals surface area (Å²) in [5, 5.41) is 19.0. The van der Waals surface area contributed by atoms with Crippen molar-refractivity contribution in [3.63, 3.8) is 0 Å². The summed E-state index contributed by atoms with van der Waals surface area (Å²) in [5.41, 5.74) is 0.369. The van der Waals surface area contributed by atoms with Crippen molar-refractivity contribution in [1.29, 1.82) is 0 Å². The van der Waals surface area contributed by atoms with Gasteiger partial charge in [-0.25, -0.2) is 18.5 Å². The van der Waals surface area contributed by atoms with Crippen LogP contribution in [0.25, 0.3) is 0 Å². The van der Waals surface area contributed by atoms with Crippen LogP contribution in [0.1, 0.15) is 20.4 Å². The van der Waals surface area contributed by atoms with E-state index >= 15 is 0 Å². The third-order valence-electron chi connectivity index (χ3n) is 3.02. The van der Waals surface area contributed by atoms with Crippen molar-refractivity contribution >= 4 is 61.2 Å². The fourth-order valence-electron chi connectivity index (χ4n) is 1.91.